The zero-order chi connectivity index (χ0) is 21.6. The fraction of sp³-hybridized carbons (Fsp3) is 0.480. The Kier molecular flexibility index (Phi) is 7.20. The van der Waals surface area contributed by atoms with Crippen LogP contribution in [0.15, 0.2) is 54.6 Å². The summed E-state index contributed by atoms with van der Waals surface area (Å²) in [5, 5.41) is 3.43. The summed E-state index contributed by atoms with van der Waals surface area (Å²) in [4.78, 5) is 16.9. The van der Waals surface area contributed by atoms with E-state index in [0.717, 1.165) is 43.6 Å². The van der Waals surface area contributed by atoms with Crippen LogP contribution >= 0.6 is 0 Å². The van der Waals surface area contributed by atoms with E-state index in [0.29, 0.717) is 19.0 Å². The second-order valence-corrected chi connectivity index (χ2v) is 8.66. The highest BCUT2D eigenvalue weighted by Gasteiger charge is 2.37. The van der Waals surface area contributed by atoms with Crippen molar-refractivity contribution in [2.24, 2.45) is 5.92 Å². The van der Waals surface area contributed by atoms with E-state index >= 15 is 0 Å². The number of hydrogen-bond acceptors (Lipinski definition) is 4. The van der Waals surface area contributed by atoms with Crippen molar-refractivity contribution in [1.29, 1.82) is 0 Å². The van der Waals surface area contributed by atoms with Gasteiger partial charge < -0.3 is 15.0 Å². The Labute approximate surface area is 184 Å². The van der Waals surface area contributed by atoms with Crippen molar-refractivity contribution in [3.05, 3.63) is 71.5 Å². The number of ether oxygens (including phenoxy) is 1. The number of amides is 1. The topological polar surface area (TPSA) is 44.8 Å². The van der Waals surface area contributed by atoms with E-state index < -0.39 is 0 Å². The molecule has 4 rings (SSSR count). The fourth-order valence-electron chi connectivity index (χ4n) is 4.95. The summed E-state index contributed by atoms with van der Waals surface area (Å²) in [5.74, 6) is 0.286. The first-order valence-electron chi connectivity index (χ1n) is 11.3. The highest BCUT2D eigenvalue weighted by Crippen LogP contribution is 2.36. The third-order valence-electron chi connectivity index (χ3n) is 6.52. The lowest BCUT2D eigenvalue weighted by Crippen LogP contribution is -2.56. The largest absolute Gasteiger partial charge is 0.445 e. The molecule has 166 valence electrons. The molecule has 1 N–H and O–H groups in total. The van der Waals surface area contributed by atoms with Gasteiger partial charge in [0.1, 0.15) is 12.4 Å². The fourth-order valence-corrected chi connectivity index (χ4v) is 4.95. The second kappa shape index (κ2) is 10.2. The van der Waals surface area contributed by atoms with Crippen LogP contribution in [0, 0.1) is 11.7 Å². The number of nitrogens with one attached hydrogen (secondary N) is 1. The van der Waals surface area contributed by atoms with Gasteiger partial charge in [0.2, 0.25) is 0 Å². The van der Waals surface area contributed by atoms with Crippen LogP contribution in [0.5, 0.6) is 0 Å². The molecule has 0 saturated carbocycles. The highest BCUT2D eigenvalue weighted by molar-refractivity contribution is 5.67. The maximum atomic E-state index is 14.1. The first kappa shape index (κ1) is 21.8. The van der Waals surface area contributed by atoms with Crippen molar-refractivity contribution < 1.29 is 13.9 Å². The Bertz CT molecular complexity index is 857. The summed E-state index contributed by atoms with van der Waals surface area (Å²) in [6, 6.07) is 17.1. The lowest BCUT2D eigenvalue weighted by Gasteiger charge is -2.47. The highest BCUT2D eigenvalue weighted by atomic mass is 19.1. The molecule has 2 atom stereocenters. The first-order valence-corrected chi connectivity index (χ1v) is 11.3. The Balaban J connectivity index is 1.43. The van der Waals surface area contributed by atoms with Gasteiger partial charge in [-0.25, -0.2) is 9.18 Å². The molecular weight excluding hydrogens is 393 g/mol. The molecule has 2 aromatic carbocycles. The zero-order valence-corrected chi connectivity index (χ0v) is 18.2. The molecule has 5 nitrogen and oxygen atoms in total. The van der Waals surface area contributed by atoms with Crippen LogP contribution in [0.3, 0.4) is 0 Å². The Hall–Kier alpha value is -2.44. The molecule has 0 radical (unpaired) electrons. The van der Waals surface area contributed by atoms with E-state index in [1.807, 2.05) is 36.4 Å². The molecule has 1 amide bonds. The van der Waals surface area contributed by atoms with Gasteiger partial charge in [-0.2, -0.15) is 0 Å². The van der Waals surface area contributed by atoms with E-state index in [1.165, 1.54) is 6.07 Å². The summed E-state index contributed by atoms with van der Waals surface area (Å²) in [6.45, 7) is 6.43. The number of hydrogen-bond donors (Lipinski definition) is 1. The summed E-state index contributed by atoms with van der Waals surface area (Å²) in [5.41, 5.74) is 2.03. The molecule has 2 aromatic rings. The van der Waals surface area contributed by atoms with Gasteiger partial charge in [-0.3, -0.25) is 4.90 Å². The minimum Gasteiger partial charge on any atom is -0.445 e. The predicted molar refractivity (Wildman–Crippen MR) is 119 cm³/mol. The van der Waals surface area contributed by atoms with Crippen LogP contribution in [-0.4, -0.2) is 54.7 Å². The molecule has 1 unspecified atom stereocenters. The second-order valence-electron chi connectivity index (χ2n) is 8.66. The normalized spacial score (nSPS) is 21.6. The maximum absolute atomic E-state index is 14.1. The first-order chi connectivity index (χ1) is 15.1. The number of benzene rings is 2. The standard InChI is InChI=1S/C25H32FN3O2/c1-19-17-28(25(30)31-18-20-6-3-2-4-7-20)14-15-29(19)24(21-10-12-27-13-11-21)22-8-5-9-23(26)16-22/h2-9,16,19,21,24,27H,10-15,17-18H2,1H3/t19-,24?/m0/s1. The molecule has 2 aliphatic heterocycles. The van der Waals surface area contributed by atoms with Gasteiger partial charge in [0, 0.05) is 31.7 Å². The number of piperidine rings is 1. The van der Waals surface area contributed by atoms with Crippen LogP contribution in [-0.2, 0) is 11.3 Å². The van der Waals surface area contributed by atoms with E-state index in [9.17, 15) is 9.18 Å². The molecule has 0 aliphatic carbocycles. The van der Waals surface area contributed by atoms with Crippen LogP contribution in [0.4, 0.5) is 9.18 Å². The van der Waals surface area contributed by atoms with Crippen LogP contribution < -0.4 is 5.32 Å². The van der Waals surface area contributed by atoms with Crippen molar-refractivity contribution in [2.75, 3.05) is 32.7 Å². The van der Waals surface area contributed by atoms with Crippen molar-refractivity contribution in [3.63, 3.8) is 0 Å². The minimum atomic E-state index is -0.264. The molecule has 2 aliphatic rings. The SMILES string of the molecule is C[C@H]1CN(C(=O)OCc2ccccc2)CCN1C(c1cccc(F)c1)C1CCNCC1. The molecule has 6 heteroatoms. The summed E-state index contributed by atoms with van der Waals surface area (Å²) in [7, 11) is 0. The maximum Gasteiger partial charge on any atom is 0.410 e. The quantitative estimate of drug-likeness (QED) is 0.780. The molecule has 0 aromatic heterocycles. The zero-order valence-electron chi connectivity index (χ0n) is 18.2. The van der Waals surface area contributed by atoms with Crippen molar-refractivity contribution in [3.8, 4) is 0 Å². The monoisotopic (exact) mass is 425 g/mol. The van der Waals surface area contributed by atoms with E-state index in [-0.39, 0.29) is 30.6 Å². The third-order valence-corrected chi connectivity index (χ3v) is 6.52. The van der Waals surface area contributed by atoms with Crippen LogP contribution in [0.25, 0.3) is 0 Å². The molecule has 0 bridgehead atoms. The molecule has 31 heavy (non-hydrogen) atoms. The lowest BCUT2D eigenvalue weighted by atomic mass is 9.83. The Morgan fingerprint density at radius 1 is 1.13 bits per heavy atom. The average Bonchev–Trinajstić information content (AvgIpc) is 2.80. The minimum absolute atomic E-state index is 0.162. The molecule has 2 saturated heterocycles. The average molecular weight is 426 g/mol. The van der Waals surface area contributed by atoms with E-state index in [4.69, 9.17) is 4.74 Å². The van der Waals surface area contributed by atoms with Crippen molar-refractivity contribution >= 4 is 6.09 Å². The number of carbonyl (C=O) groups excluding carboxylic acids is 1. The molecular formula is C25H32FN3O2. The summed E-state index contributed by atoms with van der Waals surface area (Å²) < 4.78 is 19.6. The Morgan fingerprint density at radius 3 is 2.61 bits per heavy atom. The number of rotatable bonds is 5. The van der Waals surface area contributed by atoms with E-state index in [2.05, 4.69) is 17.1 Å². The van der Waals surface area contributed by atoms with Gasteiger partial charge in [0.05, 0.1) is 0 Å². The lowest BCUT2D eigenvalue weighted by molar-refractivity contribution is 0.0124. The van der Waals surface area contributed by atoms with Gasteiger partial charge in [0.25, 0.3) is 0 Å². The van der Waals surface area contributed by atoms with Crippen LogP contribution in [0.2, 0.25) is 0 Å². The van der Waals surface area contributed by atoms with Gasteiger partial charge in [-0.05, 0) is 62.0 Å². The van der Waals surface area contributed by atoms with Crippen molar-refractivity contribution in [1.82, 2.24) is 15.1 Å². The number of nitrogens with zero attached hydrogens (tertiary/aromatic N) is 2. The summed E-state index contributed by atoms with van der Waals surface area (Å²) >= 11 is 0. The number of halogens is 1. The van der Waals surface area contributed by atoms with E-state index in [1.54, 1.807) is 17.0 Å². The van der Waals surface area contributed by atoms with Gasteiger partial charge >= 0.3 is 6.09 Å². The predicted octanol–water partition coefficient (Wildman–Crippen LogP) is 4.21. The van der Waals surface area contributed by atoms with Gasteiger partial charge in [0.15, 0.2) is 0 Å². The van der Waals surface area contributed by atoms with Crippen LogP contribution in [0.1, 0.15) is 36.9 Å². The number of carbonyl (C=O) groups is 1. The molecule has 0 spiro atoms. The number of piperazine rings is 1. The van der Waals surface area contributed by atoms with Gasteiger partial charge in [-0.1, -0.05) is 42.5 Å². The van der Waals surface area contributed by atoms with Crippen molar-refractivity contribution in [2.45, 2.75) is 38.5 Å². The summed E-state index contributed by atoms with van der Waals surface area (Å²) in [6.07, 6.45) is 1.89. The smallest absolute Gasteiger partial charge is 0.410 e. The third kappa shape index (κ3) is 5.43. The molecule has 2 heterocycles. The molecule has 2 fully saturated rings. The Morgan fingerprint density at radius 2 is 1.90 bits per heavy atom. The van der Waals surface area contributed by atoms with Gasteiger partial charge in [-0.15, -0.1) is 0 Å².